The largest absolute Gasteiger partial charge is 0.396 e. The van der Waals surface area contributed by atoms with Crippen molar-refractivity contribution >= 4 is 11.7 Å². The predicted octanol–water partition coefficient (Wildman–Crippen LogP) is 1.98. The molecule has 5 heteroatoms. The zero-order valence-corrected chi connectivity index (χ0v) is 10.3. The normalized spacial score (nSPS) is 19.1. The molecule has 1 aliphatic rings. The van der Waals surface area contributed by atoms with Crippen LogP contribution in [-0.4, -0.2) is 35.7 Å². The lowest BCUT2D eigenvalue weighted by Gasteiger charge is -2.17. The third-order valence-electron chi connectivity index (χ3n) is 3.12. The second-order valence-corrected chi connectivity index (χ2v) is 4.73. The highest BCUT2D eigenvalue weighted by Crippen LogP contribution is 2.18. The zero-order chi connectivity index (χ0) is 13.1. The van der Waals surface area contributed by atoms with Gasteiger partial charge in [-0.05, 0) is 37.1 Å². The molecule has 1 unspecified atom stereocenters. The number of hydrogen-bond acceptors (Lipinski definition) is 2. The summed E-state index contributed by atoms with van der Waals surface area (Å²) in [4.78, 5) is 13.5. The Kier molecular flexibility index (Phi) is 3.81. The van der Waals surface area contributed by atoms with Crippen molar-refractivity contribution in [3.8, 4) is 0 Å². The van der Waals surface area contributed by atoms with Crippen LogP contribution < -0.4 is 5.32 Å². The lowest BCUT2D eigenvalue weighted by molar-refractivity contribution is 0.209. The van der Waals surface area contributed by atoms with Crippen molar-refractivity contribution in [2.45, 2.75) is 13.3 Å². The standard InChI is InChI=1S/C13H17FN2O2/c1-9-4-11(14)6-12(5-9)15-13(18)16-3-2-10(7-16)8-17/h4-6,10,17H,2-3,7-8H2,1H3,(H,15,18). The summed E-state index contributed by atoms with van der Waals surface area (Å²) in [5.74, 6) is -0.204. The molecule has 0 spiro atoms. The van der Waals surface area contributed by atoms with E-state index >= 15 is 0 Å². The first-order valence-corrected chi connectivity index (χ1v) is 6.02. The molecular formula is C13H17FN2O2. The number of amides is 2. The van der Waals surface area contributed by atoms with Crippen molar-refractivity contribution in [3.63, 3.8) is 0 Å². The van der Waals surface area contributed by atoms with E-state index in [-0.39, 0.29) is 24.4 Å². The summed E-state index contributed by atoms with van der Waals surface area (Å²) in [5, 5.41) is 11.7. The van der Waals surface area contributed by atoms with Gasteiger partial charge in [-0.3, -0.25) is 0 Å². The number of hydrogen-bond donors (Lipinski definition) is 2. The molecule has 2 N–H and O–H groups in total. The summed E-state index contributed by atoms with van der Waals surface area (Å²) < 4.78 is 13.2. The van der Waals surface area contributed by atoms with Gasteiger partial charge in [0.05, 0.1) is 0 Å². The van der Waals surface area contributed by atoms with Crippen molar-refractivity contribution in [3.05, 3.63) is 29.6 Å². The highest BCUT2D eigenvalue weighted by molar-refractivity contribution is 5.89. The van der Waals surface area contributed by atoms with E-state index < -0.39 is 0 Å². The van der Waals surface area contributed by atoms with Gasteiger partial charge in [0.15, 0.2) is 0 Å². The van der Waals surface area contributed by atoms with Crippen LogP contribution in [0.3, 0.4) is 0 Å². The molecule has 0 aliphatic carbocycles. The van der Waals surface area contributed by atoms with E-state index in [1.807, 2.05) is 0 Å². The molecule has 1 aromatic carbocycles. The maximum Gasteiger partial charge on any atom is 0.321 e. The van der Waals surface area contributed by atoms with Crippen molar-refractivity contribution < 1.29 is 14.3 Å². The van der Waals surface area contributed by atoms with Gasteiger partial charge in [0.1, 0.15) is 5.82 Å². The molecule has 1 atom stereocenters. The molecule has 0 bridgehead atoms. The second-order valence-electron chi connectivity index (χ2n) is 4.73. The summed E-state index contributed by atoms with van der Waals surface area (Å²) in [6, 6.07) is 4.19. The first-order chi connectivity index (χ1) is 8.58. The Hall–Kier alpha value is -1.62. The van der Waals surface area contributed by atoms with Crippen LogP contribution in [0.4, 0.5) is 14.9 Å². The van der Waals surface area contributed by atoms with E-state index in [2.05, 4.69) is 5.32 Å². The van der Waals surface area contributed by atoms with Crippen LogP contribution in [-0.2, 0) is 0 Å². The fraction of sp³-hybridized carbons (Fsp3) is 0.462. The Balaban J connectivity index is 1.99. The summed E-state index contributed by atoms with van der Waals surface area (Å²) in [6.07, 6.45) is 0.812. The number of rotatable bonds is 2. The quantitative estimate of drug-likeness (QED) is 0.845. The van der Waals surface area contributed by atoms with Crippen molar-refractivity contribution in [2.24, 2.45) is 5.92 Å². The van der Waals surface area contributed by atoms with E-state index in [1.165, 1.54) is 12.1 Å². The zero-order valence-electron chi connectivity index (χ0n) is 10.3. The second kappa shape index (κ2) is 5.35. The van der Waals surface area contributed by atoms with Crippen LogP contribution in [0.5, 0.6) is 0 Å². The molecule has 1 aromatic rings. The number of aliphatic hydroxyl groups excluding tert-OH is 1. The first-order valence-electron chi connectivity index (χ1n) is 6.02. The number of urea groups is 1. The molecule has 1 aliphatic heterocycles. The van der Waals surface area contributed by atoms with Gasteiger partial charge in [-0.25, -0.2) is 9.18 Å². The van der Waals surface area contributed by atoms with Crippen LogP contribution in [0.1, 0.15) is 12.0 Å². The number of aryl methyl sites for hydroxylation is 1. The molecule has 1 heterocycles. The number of nitrogens with one attached hydrogen (secondary N) is 1. The minimum absolute atomic E-state index is 0.100. The molecule has 1 saturated heterocycles. The molecule has 4 nitrogen and oxygen atoms in total. The summed E-state index contributed by atoms with van der Waals surface area (Å²) >= 11 is 0. The number of benzene rings is 1. The van der Waals surface area contributed by atoms with E-state index in [0.717, 1.165) is 12.0 Å². The number of nitrogens with zero attached hydrogens (tertiary/aromatic N) is 1. The molecule has 1 fully saturated rings. The van der Waals surface area contributed by atoms with Crippen molar-refractivity contribution in [1.29, 1.82) is 0 Å². The molecule has 98 valence electrons. The fourth-order valence-electron chi connectivity index (χ4n) is 2.18. The topological polar surface area (TPSA) is 52.6 Å². The number of aliphatic hydroxyl groups is 1. The molecule has 0 saturated carbocycles. The number of halogens is 1. The highest BCUT2D eigenvalue weighted by atomic mass is 19.1. The van der Waals surface area contributed by atoms with Crippen LogP contribution >= 0.6 is 0 Å². The van der Waals surface area contributed by atoms with Crippen molar-refractivity contribution in [1.82, 2.24) is 4.90 Å². The average molecular weight is 252 g/mol. The molecule has 0 aromatic heterocycles. The smallest absolute Gasteiger partial charge is 0.321 e. The lowest BCUT2D eigenvalue weighted by atomic mass is 10.1. The third kappa shape index (κ3) is 2.98. The van der Waals surface area contributed by atoms with E-state index in [1.54, 1.807) is 17.9 Å². The minimum atomic E-state index is -0.361. The maximum atomic E-state index is 13.2. The van der Waals surface area contributed by atoms with Gasteiger partial charge in [0, 0.05) is 31.3 Å². The summed E-state index contributed by atoms with van der Waals surface area (Å²) in [5.41, 5.74) is 1.23. The fourth-order valence-corrected chi connectivity index (χ4v) is 2.18. The van der Waals surface area contributed by atoms with Gasteiger partial charge in [-0.2, -0.15) is 0 Å². The van der Waals surface area contributed by atoms with Gasteiger partial charge < -0.3 is 15.3 Å². The van der Waals surface area contributed by atoms with E-state index in [4.69, 9.17) is 5.11 Å². The van der Waals surface area contributed by atoms with Crippen LogP contribution in [0, 0.1) is 18.7 Å². The van der Waals surface area contributed by atoms with Gasteiger partial charge in [-0.1, -0.05) is 0 Å². The van der Waals surface area contributed by atoms with Gasteiger partial charge in [0.2, 0.25) is 0 Å². The van der Waals surface area contributed by atoms with Crippen molar-refractivity contribution in [2.75, 3.05) is 25.0 Å². The molecular weight excluding hydrogens is 235 g/mol. The summed E-state index contributed by atoms with van der Waals surface area (Å²) in [7, 11) is 0. The van der Waals surface area contributed by atoms with E-state index in [0.29, 0.717) is 18.8 Å². The predicted molar refractivity (Wildman–Crippen MR) is 66.9 cm³/mol. The molecule has 2 rings (SSSR count). The van der Waals surface area contributed by atoms with Gasteiger partial charge >= 0.3 is 6.03 Å². The molecule has 2 amide bonds. The lowest BCUT2D eigenvalue weighted by Crippen LogP contribution is -2.33. The van der Waals surface area contributed by atoms with Crippen LogP contribution in [0.25, 0.3) is 0 Å². The van der Waals surface area contributed by atoms with Gasteiger partial charge in [-0.15, -0.1) is 0 Å². The molecule has 0 radical (unpaired) electrons. The Bertz CT molecular complexity index is 430. The Morgan fingerprint density at radius 3 is 2.94 bits per heavy atom. The highest BCUT2D eigenvalue weighted by Gasteiger charge is 2.25. The number of anilines is 1. The average Bonchev–Trinajstić information content (AvgIpc) is 2.75. The Morgan fingerprint density at radius 2 is 2.33 bits per heavy atom. The third-order valence-corrected chi connectivity index (χ3v) is 3.12. The van der Waals surface area contributed by atoms with Crippen LogP contribution in [0.15, 0.2) is 18.2 Å². The number of likely N-dealkylation sites (tertiary alicyclic amines) is 1. The molecule has 18 heavy (non-hydrogen) atoms. The number of carbonyl (C=O) groups is 1. The SMILES string of the molecule is Cc1cc(F)cc(NC(=O)N2CCC(CO)C2)c1. The van der Waals surface area contributed by atoms with Crippen LogP contribution in [0.2, 0.25) is 0 Å². The maximum absolute atomic E-state index is 13.2. The van der Waals surface area contributed by atoms with E-state index in [9.17, 15) is 9.18 Å². The minimum Gasteiger partial charge on any atom is -0.396 e. The van der Waals surface area contributed by atoms with Gasteiger partial charge in [0.25, 0.3) is 0 Å². The Labute approximate surface area is 105 Å². The summed E-state index contributed by atoms with van der Waals surface area (Å²) in [6.45, 7) is 3.06. The monoisotopic (exact) mass is 252 g/mol. The first kappa shape index (κ1) is 12.8. The number of carbonyl (C=O) groups excluding carboxylic acids is 1. The Morgan fingerprint density at radius 1 is 1.56 bits per heavy atom.